The Hall–Kier alpha value is -2.05. The second-order valence-corrected chi connectivity index (χ2v) is 9.59. The minimum Gasteiger partial charge on any atom is -0.347 e. The van der Waals surface area contributed by atoms with E-state index in [1.165, 1.54) is 0 Å². The maximum absolute atomic E-state index is 13.2. The number of carbonyl (C=O) groups is 1. The highest BCUT2D eigenvalue weighted by Crippen LogP contribution is 2.27. The van der Waals surface area contributed by atoms with E-state index in [1.807, 2.05) is 32.9 Å². The van der Waals surface area contributed by atoms with Gasteiger partial charge in [-0.25, -0.2) is 8.42 Å². The number of nitrogens with one attached hydrogen (secondary N) is 1. The molecule has 1 N–H and O–H groups in total. The van der Waals surface area contributed by atoms with E-state index in [4.69, 9.17) is 11.6 Å². The van der Waals surface area contributed by atoms with Crippen molar-refractivity contribution in [2.24, 2.45) is 0 Å². The van der Waals surface area contributed by atoms with Gasteiger partial charge in [0.15, 0.2) is 0 Å². The van der Waals surface area contributed by atoms with E-state index < -0.39 is 16.1 Å². The number of aryl methyl sites for hydroxylation is 2. The van der Waals surface area contributed by atoms with Gasteiger partial charge in [0.2, 0.25) is 15.9 Å². The third-order valence-corrected chi connectivity index (χ3v) is 6.33. The van der Waals surface area contributed by atoms with Crippen molar-refractivity contribution in [2.75, 3.05) is 10.6 Å². The minimum absolute atomic E-state index is 0.196. The molecule has 0 aliphatic rings. The normalized spacial score (nSPS) is 13.6. The zero-order valence-electron chi connectivity index (χ0n) is 17.6. The van der Waals surface area contributed by atoms with Crippen molar-refractivity contribution in [1.29, 1.82) is 0 Å². The van der Waals surface area contributed by atoms with Crippen LogP contribution < -0.4 is 9.62 Å². The summed E-state index contributed by atoms with van der Waals surface area (Å²) >= 11 is 6.06. The van der Waals surface area contributed by atoms with Crippen molar-refractivity contribution in [3.8, 4) is 0 Å². The number of benzene rings is 2. The molecular formula is C22H29ClN2O3S. The molecule has 0 aliphatic heterocycles. The number of hydrogen-bond donors (Lipinski definition) is 1. The Balaban J connectivity index is 2.38. The fourth-order valence-electron chi connectivity index (χ4n) is 3.56. The molecule has 158 valence electrons. The molecular weight excluding hydrogens is 408 g/mol. The van der Waals surface area contributed by atoms with Crippen LogP contribution in [0.2, 0.25) is 5.02 Å². The third kappa shape index (κ3) is 5.73. The molecule has 0 fully saturated rings. The molecule has 0 aliphatic carbocycles. The Morgan fingerprint density at radius 3 is 2.31 bits per heavy atom. The van der Waals surface area contributed by atoms with Gasteiger partial charge in [0.05, 0.1) is 18.0 Å². The second kappa shape index (κ2) is 9.63. The van der Waals surface area contributed by atoms with Crippen LogP contribution in [0.15, 0.2) is 42.5 Å². The van der Waals surface area contributed by atoms with Gasteiger partial charge in [-0.2, -0.15) is 0 Å². The summed E-state index contributed by atoms with van der Waals surface area (Å²) in [6, 6.07) is 11.6. The van der Waals surface area contributed by atoms with E-state index in [0.717, 1.165) is 27.3 Å². The largest absolute Gasteiger partial charge is 0.347 e. The monoisotopic (exact) mass is 436 g/mol. The molecule has 29 heavy (non-hydrogen) atoms. The second-order valence-electron chi connectivity index (χ2n) is 7.29. The number of hydrogen-bond acceptors (Lipinski definition) is 3. The number of halogens is 1. The average Bonchev–Trinajstić information content (AvgIpc) is 2.63. The van der Waals surface area contributed by atoms with Crippen LogP contribution in [0.5, 0.6) is 0 Å². The van der Waals surface area contributed by atoms with Gasteiger partial charge < -0.3 is 5.32 Å². The molecule has 2 aromatic carbocycles. The van der Waals surface area contributed by atoms with Crippen LogP contribution in [0.3, 0.4) is 0 Å². The first-order chi connectivity index (χ1) is 13.6. The van der Waals surface area contributed by atoms with E-state index >= 15 is 0 Å². The first-order valence-electron chi connectivity index (χ1n) is 9.71. The summed E-state index contributed by atoms with van der Waals surface area (Å²) in [6.45, 7) is 7.84. The quantitative estimate of drug-likeness (QED) is 0.648. The maximum Gasteiger partial charge on any atom is 0.244 e. The molecule has 2 rings (SSSR count). The third-order valence-electron chi connectivity index (χ3n) is 4.92. The lowest BCUT2D eigenvalue weighted by molar-refractivity contribution is -0.123. The van der Waals surface area contributed by atoms with Gasteiger partial charge in [-0.15, -0.1) is 0 Å². The van der Waals surface area contributed by atoms with Crippen LogP contribution in [0.25, 0.3) is 0 Å². The van der Waals surface area contributed by atoms with Crippen LogP contribution in [0.4, 0.5) is 5.69 Å². The molecule has 2 aromatic rings. The molecule has 0 saturated carbocycles. The predicted octanol–water partition coefficient (Wildman–Crippen LogP) is 4.77. The first kappa shape index (κ1) is 23.2. The van der Waals surface area contributed by atoms with Gasteiger partial charge >= 0.3 is 0 Å². The summed E-state index contributed by atoms with van der Waals surface area (Å²) in [4.78, 5) is 13.2. The lowest BCUT2D eigenvalue weighted by Crippen LogP contribution is -2.50. The fraction of sp³-hybridized carbons (Fsp3) is 0.409. The Morgan fingerprint density at radius 2 is 1.79 bits per heavy atom. The topological polar surface area (TPSA) is 66.5 Å². The van der Waals surface area contributed by atoms with Crippen molar-refractivity contribution in [3.63, 3.8) is 0 Å². The summed E-state index contributed by atoms with van der Waals surface area (Å²) in [6.07, 6.45) is 2.13. The standard InChI is InChI=1S/C22H29ClN2O3S/c1-6-20(19-12-11-15(3)13-16(19)4)24-22(26)21(7-2)25(29(5,27)28)18-10-8-9-17(23)14-18/h8-14,20-21H,6-7H2,1-5H3,(H,24,26)/t20-,21-/m1/s1. The van der Waals surface area contributed by atoms with Crippen molar-refractivity contribution in [2.45, 2.75) is 52.6 Å². The van der Waals surface area contributed by atoms with Gasteiger partial charge in [0.1, 0.15) is 6.04 Å². The zero-order valence-corrected chi connectivity index (χ0v) is 19.1. The lowest BCUT2D eigenvalue weighted by Gasteiger charge is -2.31. The molecule has 0 heterocycles. The summed E-state index contributed by atoms with van der Waals surface area (Å²) in [7, 11) is -3.70. The van der Waals surface area contributed by atoms with Gasteiger partial charge in [-0.05, 0) is 56.0 Å². The zero-order chi connectivity index (χ0) is 21.8. The SMILES string of the molecule is CC[C@H](C(=O)N[C@H](CC)c1ccc(C)cc1C)N(c1cccc(Cl)c1)S(C)(=O)=O. The summed E-state index contributed by atoms with van der Waals surface area (Å²) in [5, 5.41) is 3.46. The van der Waals surface area contributed by atoms with Crippen LogP contribution in [-0.2, 0) is 14.8 Å². The summed E-state index contributed by atoms with van der Waals surface area (Å²) < 4.78 is 26.3. The number of rotatable bonds is 8. The number of carbonyl (C=O) groups excluding carboxylic acids is 1. The summed E-state index contributed by atoms with van der Waals surface area (Å²) in [5.74, 6) is -0.329. The average molecular weight is 437 g/mol. The Bertz CT molecular complexity index is 976. The van der Waals surface area contributed by atoms with Crippen LogP contribution >= 0.6 is 11.6 Å². The molecule has 0 radical (unpaired) electrons. The number of nitrogens with zero attached hydrogens (tertiary/aromatic N) is 1. The Kier molecular flexibility index (Phi) is 7.72. The molecule has 7 heteroatoms. The molecule has 0 saturated heterocycles. The molecule has 0 spiro atoms. The Labute approximate surface area is 179 Å². The number of anilines is 1. The molecule has 0 aromatic heterocycles. The van der Waals surface area contributed by atoms with Gasteiger partial charge in [0.25, 0.3) is 0 Å². The van der Waals surface area contributed by atoms with Gasteiger partial charge in [-0.1, -0.05) is 55.3 Å². The number of sulfonamides is 1. The van der Waals surface area contributed by atoms with Crippen LogP contribution in [0.1, 0.15) is 49.4 Å². The maximum atomic E-state index is 13.2. The minimum atomic E-state index is -3.70. The van der Waals surface area contributed by atoms with Crippen molar-refractivity contribution in [1.82, 2.24) is 5.32 Å². The Morgan fingerprint density at radius 1 is 1.10 bits per heavy atom. The predicted molar refractivity (Wildman–Crippen MR) is 120 cm³/mol. The highest BCUT2D eigenvalue weighted by molar-refractivity contribution is 7.92. The van der Waals surface area contributed by atoms with E-state index in [-0.39, 0.29) is 11.9 Å². The van der Waals surface area contributed by atoms with Crippen molar-refractivity contribution >= 4 is 33.2 Å². The van der Waals surface area contributed by atoms with E-state index in [1.54, 1.807) is 31.2 Å². The highest BCUT2D eigenvalue weighted by Gasteiger charge is 2.32. The van der Waals surface area contributed by atoms with Gasteiger partial charge in [0, 0.05) is 5.02 Å². The van der Waals surface area contributed by atoms with Crippen LogP contribution in [-0.4, -0.2) is 26.6 Å². The highest BCUT2D eigenvalue weighted by atomic mass is 35.5. The van der Waals surface area contributed by atoms with E-state index in [0.29, 0.717) is 23.6 Å². The van der Waals surface area contributed by atoms with Crippen LogP contribution in [0, 0.1) is 13.8 Å². The number of amides is 1. The van der Waals surface area contributed by atoms with Crippen molar-refractivity contribution < 1.29 is 13.2 Å². The lowest BCUT2D eigenvalue weighted by atomic mass is 9.97. The molecule has 5 nitrogen and oxygen atoms in total. The summed E-state index contributed by atoms with van der Waals surface area (Å²) in [5.41, 5.74) is 3.67. The van der Waals surface area contributed by atoms with E-state index in [2.05, 4.69) is 11.4 Å². The van der Waals surface area contributed by atoms with E-state index in [9.17, 15) is 13.2 Å². The van der Waals surface area contributed by atoms with Crippen molar-refractivity contribution in [3.05, 3.63) is 64.2 Å². The smallest absolute Gasteiger partial charge is 0.244 e. The first-order valence-corrected chi connectivity index (χ1v) is 11.9. The molecule has 2 atom stereocenters. The van der Waals surface area contributed by atoms with Gasteiger partial charge in [-0.3, -0.25) is 9.10 Å². The molecule has 0 unspecified atom stereocenters. The molecule has 1 amide bonds. The molecule has 0 bridgehead atoms. The fourth-order valence-corrected chi connectivity index (χ4v) is 4.95.